The van der Waals surface area contributed by atoms with E-state index in [9.17, 15) is 8.42 Å². The minimum Gasteiger partial charge on any atom is -0.207 e. The molecular formula is C12H15Cl2NO2S. The van der Waals surface area contributed by atoms with E-state index in [0.29, 0.717) is 18.1 Å². The average Bonchev–Trinajstić information content (AvgIpc) is 2.57. The molecular weight excluding hydrogens is 293 g/mol. The molecule has 1 aliphatic rings. The van der Waals surface area contributed by atoms with Crippen molar-refractivity contribution in [3.8, 4) is 0 Å². The molecule has 0 amide bonds. The normalized spacial score (nSPS) is 18.6. The van der Waals surface area contributed by atoms with Gasteiger partial charge in [0, 0.05) is 18.1 Å². The van der Waals surface area contributed by atoms with Crippen LogP contribution in [0, 0.1) is 0 Å². The summed E-state index contributed by atoms with van der Waals surface area (Å²) >= 11 is 11.8. The second-order valence-electron chi connectivity index (χ2n) is 4.39. The van der Waals surface area contributed by atoms with Gasteiger partial charge in [0.1, 0.15) is 4.90 Å². The maximum atomic E-state index is 12.5. The summed E-state index contributed by atoms with van der Waals surface area (Å²) in [5.41, 5.74) is 0. The van der Waals surface area contributed by atoms with Crippen LogP contribution in [0.2, 0.25) is 10.0 Å². The fourth-order valence-corrected chi connectivity index (χ4v) is 4.37. The topological polar surface area (TPSA) is 37.4 Å². The monoisotopic (exact) mass is 307 g/mol. The van der Waals surface area contributed by atoms with Gasteiger partial charge in [-0.1, -0.05) is 36.0 Å². The minimum absolute atomic E-state index is 0.149. The molecule has 0 saturated carbocycles. The van der Waals surface area contributed by atoms with Crippen molar-refractivity contribution >= 4 is 33.2 Å². The first kappa shape index (κ1) is 14.1. The van der Waals surface area contributed by atoms with Gasteiger partial charge in [0.2, 0.25) is 10.0 Å². The van der Waals surface area contributed by atoms with Crippen LogP contribution in [0.4, 0.5) is 0 Å². The lowest BCUT2D eigenvalue weighted by atomic mass is 10.2. The summed E-state index contributed by atoms with van der Waals surface area (Å²) in [6, 6.07) is 4.50. The maximum absolute atomic E-state index is 12.5. The molecule has 0 unspecified atom stereocenters. The Bertz CT molecular complexity index is 523. The van der Waals surface area contributed by atoms with E-state index in [4.69, 9.17) is 23.2 Å². The average molecular weight is 308 g/mol. The van der Waals surface area contributed by atoms with Crippen LogP contribution in [-0.4, -0.2) is 25.8 Å². The van der Waals surface area contributed by atoms with Gasteiger partial charge in [-0.05, 0) is 31.0 Å². The summed E-state index contributed by atoms with van der Waals surface area (Å²) in [4.78, 5) is 0.149. The zero-order valence-electron chi connectivity index (χ0n) is 9.90. The Balaban J connectivity index is 2.34. The molecule has 0 aromatic heterocycles. The first-order valence-electron chi connectivity index (χ1n) is 5.97. The second-order valence-corrected chi connectivity index (χ2v) is 7.14. The molecule has 1 aliphatic heterocycles. The summed E-state index contributed by atoms with van der Waals surface area (Å²) < 4.78 is 26.5. The molecule has 1 heterocycles. The predicted molar refractivity (Wildman–Crippen MR) is 73.7 cm³/mol. The second kappa shape index (κ2) is 5.78. The van der Waals surface area contributed by atoms with Crippen LogP contribution in [0.25, 0.3) is 0 Å². The van der Waals surface area contributed by atoms with Crippen molar-refractivity contribution in [3.63, 3.8) is 0 Å². The third-order valence-electron chi connectivity index (χ3n) is 3.08. The number of benzene rings is 1. The largest absolute Gasteiger partial charge is 0.244 e. The molecule has 100 valence electrons. The first-order chi connectivity index (χ1) is 8.51. The fourth-order valence-electron chi connectivity index (χ4n) is 2.11. The van der Waals surface area contributed by atoms with Crippen molar-refractivity contribution in [2.75, 3.05) is 13.1 Å². The summed E-state index contributed by atoms with van der Waals surface area (Å²) in [7, 11) is -3.49. The van der Waals surface area contributed by atoms with Gasteiger partial charge in [0.15, 0.2) is 0 Å². The lowest BCUT2D eigenvalue weighted by Crippen LogP contribution is -2.32. The third kappa shape index (κ3) is 2.99. The van der Waals surface area contributed by atoms with Gasteiger partial charge < -0.3 is 0 Å². The summed E-state index contributed by atoms with van der Waals surface area (Å²) in [6.07, 6.45) is 3.98. The molecule has 2 rings (SSSR count). The number of rotatable bonds is 2. The van der Waals surface area contributed by atoms with Gasteiger partial charge in [-0.25, -0.2) is 8.42 Å². The van der Waals surface area contributed by atoms with Gasteiger partial charge in [-0.3, -0.25) is 0 Å². The molecule has 0 spiro atoms. The van der Waals surface area contributed by atoms with Gasteiger partial charge in [0.25, 0.3) is 0 Å². The highest BCUT2D eigenvalue weighted by Crippen LogP contribution is 2.28. The zero-order valence-corrected chi connectivity index (χ0v) is 12.2. The summed E-state index contributed by atoms with van der Waals surface area (Å²) in [6.45, 7) is 1.14. The Morgan fingerprint density at radius 2 is 1.61 bits per heavy atom. The highest BCUT2D eigenvalue weighted by Gasteiger charge is 2.27. The van der Waals surface area contributed by atoms with Crippen LogP contribution in [0.15, 0.2) is 23.1 Å². The predicted octanol–water partition coefficient (Wildman–Crippen LogP) is 3.56. The van der Waals surface area contributed by atoms with Crippen LogP contribution in [0.3, 0.4) is 0 Å². The van der Waals surface area contributed by atoms with E-state index < -0.39 is 10.0 Å². The first-order valence-corrected chi connectivity index (χ1v) is 8.16. The van der Waals surface area contributed by atoms with E-state index in [1.165, 1.54) is 16.4 Å². The molecule has 3 nitrogen and oxygen atoms in total. The van der Waals surface area contributed by atoms with E-state index in [1.807, 2.05) is 0 Å². The van der Waals surface area contributed by atoms with Crippen LogP contribution in [-0.2, 0) is 10.0 Å². The number of hydrogen-bond acceptors (Lipinski definition) is 2. The van der Waals surface area contributed by atoms with Crippen LogP contribution < -0.4 is 0 Å². The van der Waals surface area contributed by atoms with Crippen molar-refractivity contribution in [1.29, 1.82) is 0 Å². The SMILES string of the molecule is O=S(=O)(c1ccc(Cl)cc1Cl)N1CCCCCC1. The molecule has 0 aliphatic carbocycles. The van der Waals surface area contributed by atoms with Gasteiger partial charge in [-0.15, -0.1) is 0 Å². The number of sulfonamides is 1. The minimum atomic E-state index is -3.49. The van der Waals surface area contributed by atoms with Gasteiger partial charge in [-0.2, -0.15) is 4.31 Å². The van der Waals surface area contributed by atoms with Crippen molar-refractivity contribution in [2.45, 2.75) is 30.6 Å². The lowest BCUT2D eigenvalue weighted by molar-refractivity contribution is 0.424. The molecule has 1 aromatic carbocycles. The quantitative estimate of drug-likeness (QED) is 0.838. The van der Waals surface area contributed by atoms with E-state index in [1.54, 1.807) is 6.07 Å². The molecule has 6 heteroatoms. The van der Waals surface area contributed by atoms with Crippen molar-refractivity contribution < 1.29 is 8.42 Å². The zero-order chi connectivity index (χ0) is 13.2. The number of nitrogens with zero attached hydrogens (tertiary/aromatic N) is 1. The molecule has 0 bridgehead atoms. The molecule has 18 heavy (non-hydrogen) atoms. The molecule has 0 N–H and O–H groups in total. The molecule has 1 fully saturated rings. The maximum Gasteiger partial charge on any atom is 0.244 e. The standard InChI is InChI=1S/C12H15Cl2NO2S/c13-10-5-6-12(11(14)9-10)18(16,17)15-7-3-1-2-4-8-15/h5-6,9H,1-4,7-8H2. The van der Waals surface area contributed by atoms with Crippen molar-refractivity contribution in [2.24, 2.45) is 0 Å². The molecule has 0 atom stereocenters. The Morgan fingerprint density at radius 3 is 2.17 bits per heavy atom. The fraction of sp³-hybridized carbons (Fsp3) is 0.500. The molecule has 1 saturated heterocycles. The van der Waals surface area contributed by atoms with E-state index >= 15 is 0 Å². The van der Waals surface area contributed by atoms with E-state index in [0.717, 1.165) is 25.7 Å². The van der Waals surface area contributed by atoms with E-state index in [2.05, 4.69) is 0 Å². The molecule has 0 radical (unpaired) electrons. The lowest BCUT2D eigenvalue weighted by Gasteiger charge is -2.20. The molecule has 1 aromatic rings. The highest BCUT2D eigenvalue weighted by atomic mass is 35.5. The summed E-state index contributed by atoms with van der Waals surface area (Å²) in [5.74, 6) is 0. The van der Waals surface area contributed by atoms with Gasteiger partial charge in [0.05, 0.1) is 5.02 Å². The van der Waals surface area contributed by atoms with Crippen molar-refractivity contribution in [1.82, 2.24) is 4.31 Å². The number of halogens is 2. The Hall–Kier alpha value is -0.290. The summed E-state index contributed by atoms with van der Waals surface area (Å²) in [5, 5.41) is 0.626. The van der Waals surface area contributed by atoms with Crippen molar-refractivity contribution in [3.05, 3.63) is 28.2 Å². The van der Waals surface area contributed by atoms with E-state index in [-0.39, 0.29) is 9.92 Å². The Kier molecular flexibility index (Phi) is 4.54. The number of hydrogen-bond donors (Lipinski definition) is 0. The van der Waals surface area contributed by atoms with Crippen LogP contribution in [0.1, 0.15) is 25.7 Å². The van der Waals surface area contributed by atoms with Crippen LogP contribution in [0.5, 0.6) is 0 Å². The Labute approximate surface area is 118 Å². The third-order valence-corrected chi connectivity index (χ3v) is 5.69. The Morgan fingerprint density at radius 1 is 1.00 bits per heavy atom. The highest BCUT2D eigenvalue weighted by molar-refractivity contribution is 7.89. The van der Waals surface area contributed by atoms with Gasteiger partial charge >= 0.3 is 0 Å². The van der Waals surface area contributed by atoms with Crippen LogP contribution >= 0.6 is 23.2 Å². The smallest absolute Gasteiger partial charge is 0.207 e.